The molecule has 3 aromatic carbocycles. The van der Waals surface area contributed by atoms with E-state index in [4.69, 9.17) is 9.05 Å². The van der Waals surface area contributed by atoms with Gasteiger partial charge < -0.3 is 9.05 Å². The van der Waals surface area contributed by atoms with Gasteiger partial charge in [0.05, 0.1) is 5.82 Å². The van der Waals surface area contributed by atoms with Crippen LogP contribution < -0.4 is 9.05 Å². The first-order chi connectivity index (χ1) is 15.2. The number of unbranched alkanes of at least 4 members (excludes halogenated alkanes) is 3. The summed E-state index contributed by atoms with van der Waals surface area (Å²) in [5, 5.41) is 0. The van der Waals surface area contributed by atoms with Crippen LogP contribution >= 0.6 is 19.4 Å². The second-order valence-corrected chi connectivity index (χ2v) is 10.1. The molecule has 0 bridgehead atoms. The van der Waals surface area contributed by atoms with Crippen LogP contribution in [0.5, 0.6) is 11.5 Å². The molecule has 0 aliphatic rings. The van der Waals surface area contributed by atoms with Gasteiger partial charge in [0.25, 0.3) is 0 Å². The maximum absolute atomic E-state index is 13.9. The molecule has 162 valence electrons. The van der Waals surface area contributed by atoms with Gasteiger partial charge >= 0.3 is 7.60 Å². The van der Waals surface area contributed by atoms with E-state index in [2.05, 4.69) is 19.1 Å². The first-order valence-corrected chi connectivity index (χ1v) is 13.1. The van der Waals surface area contributed by atoms with E-state index in [-0.39, 0.29) is 0 Å². The quantitative estimate of drug-likeness (QED) is 0.156. The Morgan fingerprint density at radius 2 is 1.29 bits per heavy atom. The molecule has 0 aliphatic heterocycles. The van der Waals surface area contributed by atoms with Crippen molar-refractivity contribution in [3.63, 3.8) is 0 Å². The van der Waals surface area contributed by atoms with E-state index in [9.17, 15) is 4.57 Å². The molecule has 0 radical (unpaired) electrons. The minimum atomic E-state index is -3.59. The number of thioether (sulfide) groups is 1. The van der Waals surface area contributed by atoms with Crippen molar-refractivity contribution in [2.24, 2.45) is 0 Å². The summed E-state index contributed by atoms with van der Waals surface area (Å²) in [7, 11) is -3.59. The first kappa shape index (κ1) is 23.2. The maximum atomic E-state index is 13.9. The van der Waals surface area contributed by atoms with Crippen LogP contribution in [-0.4, -0.2) is 0 Å². The average Bonchev–Trinajstić information content (AvgIpc) is 2.78. The van der Waals surface area contributed by atoms with Crippen LogP contribution in [0.1, 0.15) is 39.0 Å². The lowest BCUT2D eigenvalue weighted by Crippen LogP contribution is -2.00. The van der Waals surface area contributed by atoms with Crippen molar-refractivity contribution in [3.05, 3.63) is 102 Å². The topological polar surface area (TPSA) is 35.5 Å². The molecule has 0 fully saturated rings. The molecule has 5 heteroatoms. The van der Waals surface area contributed by atoms with Gasteiger partial charge in [0, 0.05) is 9.80 Å². The molecule has 0 N–H and O–H groups in total. The Labute approximate surface area is 190 Å². The number of rotatable bonds is 12. The van der Waals surface area contributed by atoms with Crippen LogP contribution in [0.3, 0.4) is 0 Å². The fraction of sp³-hybridized carbons (Fsp3) is 0.231. The fourth-order valence-electron chi connectivity index (χ4n) is 3.01. The zero-order valence-corrected chi connectivity index (χ0v) is 19.6. The molecule has 0 amide bonds. The van der Waals surface area contributed by atoms with Crippen LogP contribution in [0.2, 0.25) is 0 Å². The first-order valence-electron chi connectivity index (χ1n) is 10.7. The largest absolute Gasteiger partial charge is 0.456 e. The SMILES string of the molecule is CCCCCCC(=CP(=O)(Oc1ccccc1)Oc1ccccc1)Sc1ccccc1. The van der Waals surface area contributed by atoms with Gasteiger partial charge in [0.15, 0.2) is 0 Å². The maximum Gasteiger partial charge on any atom is 0.456 e. The van der Waals surface area contributed by atoms with Crippen molar-refractivity contribution in [1.82, 2.24) is 0 Å². The Kier molecular flexibility index (Phi) is 9.33. The number of hydrogen-bond acceptors (Lipinski definition) is 4. The van der Waals surface area contributed by atoms with Gasteiger partial charge in [0.1, 0.15) is 11.5 Å². The van der Waals surface area contributed by atoms with Crippen molar-refractivity contribution in [1.29, 1.82) is 0 Å². The standard InChI is InChI=1S/C26H29O3PS/c1-2-3-4-12-21-26(31-25-19-13-7-14-20-25)22-30(27,28-23-15-8-5-9-16-23)29-24-17-10-6-11-18-24/h5-11,13-20,22H,2-4,12,21H2,1H3. The molecule has 0 unspecified atom stereocenters. The normalized spacial score (nSPS) is 11.8. The molecule has 31 heavy (non-hydrogen) atoms. The predicted octanol–water partition coefficient (Wildman–Crippen LogP) is 8.94. The highest BCUT2D eigenvalue weighted by Gasteiger charge is 2.27. The second-order valence-electron chi connectivity index (χ2n) is 7.17. The van der Waals surface area contributed by atoms with Crippen molar-refractivity contribution < 1.29 is 13.6 Å². The number of allylic oxidation sites excluding steroid dienone is 1. The third kappa shape index (κ3) is 8.32. The van der Waals surface area contributed by atoms with E-state index < -0.39 is 7.60 Å². The summed E-state index contributed by atoms with van der Waals surface area (Å²) in [6, 6.07) is 28.5. The minimum Gasteiger partial charge on any atom is -0.413 e. The Bertz CT molecular complexity index is 930. The third-order valence-electron chi connectivity index (χ3n) is 4.52. The van der Waals surface area contributed by atoms with Crippen LogP contribution in [0.4, 0.5) is 0 Å². The molecular formula is C26H29O3PS. The van der Waals surface area contributed by atoms with Crippen LogP contribution in [0, 0.1) is 0 Å². The summed E-state index contributed by atoms with van der Waals surface area (Å²) in [6.45, 7) is 2.20. The molecule has 3 aromatic rings. The Morgan fingerprint density at radius 1 is 0.774 bits per heavy atom. The third-order valence-corrected chi connectivity index (χ3v) is 7.35. The van der Waals surface area contributed by atoms with Crippen molar-refractivity contribution >= 4 is 19.4 Å². The van der Waals surface area contributed by atoms with Crippen LogP contribution in [0.25, 0.3) is 0 Å². The van der Waals surface area contributed by atoms with E-state index in [1.54, 1.807) is 41.8 Å². The number of hydrogen-bond donors (Lipinski definition) is 0. The van der Waals surface area contributed by atoms with Crippen LogP contribution in [-0.2, 0) is 4.57 Å². The van der Waals surface area contributed by atoms with Crippen LogP contribution in [0.15, 0.2) is 107 Å². The van der Waals surface area contributed by atoms with Crippen molar-refractivity contribution in [3.8, 4) is 11.5 Å². The summed E-state index contributed by atoms with van der Waals surface area (Å²) in [5.41, 5.74) is 0. The Morgan fingerprint density at radius 3 is 1.81 bits per heavy atom. The molecule has 0 heterocycles. The van der Waals surface area contributed by atoms with Gasteiger partial charge in [-0.2, -0.15) is 0 Å². The lowest BCUT2D eigenvalue weighted by Gasteiger charge is -2.19. The Balaban J connectivity index is 1.89. The van der Waals surface area contributed by atoms with Gasteiger partial charge in [-0.15, -0.1) is 0 Å². The minimum absolute atomic E-state index is 0.521. The van der Waals surface area contributed by atoms with Gasteiger partial charge in [-0.25, -0.2) is 4.57 Å². The fourth-order valence-corrected chi connectivity index (χ4v) is 5.91. The van der Waals surface area contributed by atoms with E-state index in [1.807, 2.05) is 54.6 Å². The monoisotopic (exact) mass is 452 g/mol. The van der Waals surface area contributed by atoms with Gasteiger partial charge in [-0.3, -0.25) is 0 Å². The summed E-state index contributed by atoms with van der Waals surface area (Å²) >= 11 is 1.62. The number of para-hydroxylation sites is 2. The number of benzene rings is 3. The summed E-state index contributed by atoms with van der Waals surface area (Å²) in [6.07, 6.45) is 5.39. The summed E-state index contributed by atoms with van der Waals surface area (Å²) in [5.74, 6) is 2.75. The molecule has 0 saturated heterocycles. The average molecular weight is 453 g/mol. The highest BCUT2D eigenvalue weighted by molar-refractivity contribution is 8.03. The van der Waals surface area contributed by atoms with Crippen molar-refractivity contribution in [2.45, 2.75) is 43.9 Å². The molecular weight excluding hydrogens is 423 g/mol. The lowest BCUT2D eigenvalue weighted by molar-refractivity contribution is 0.398. The second kappa shape index (κ2) is 12.4. The molecule has 0 aliphatic carbocycles. The molecule has 0 atom stereocenters. The Hall–Kier alpha value is -2.42. The summed E-state index contributed by atoms with van der Waals surface area (Å²) < 4.78 is 25.8. The zero-order valence-electron chi connectivity index (χ0n) is 17.9. The zero-order chi connectivity index (χ0) is 21.8. The molecule has 3 nitrogen and oxygen atoms in total. The molecule has 0 spiro atoms. The molecule has 0 saturated carbocycles. The lowest BCUT2D eigenvalue weighted by atomic mass is 10.1. The van der Waals surface area contributed by atoms with E-state index in [0.717, 1.165) is 29.1 Å². The van der Waals surface area contributed by atoms with Gasteiger partial charge in [-0.1, -0.05) is 92.5 Å². The smallest absolute Gasteiger partial charge is 0.413 e. The van der Waals surface area contributed by atoms with Gasteiger partial charge in [-0.05, 0) is 49.2 Å². The van der Waals surface area contributed by atoms with E-state index >= 15 is 0 Å². The molecule has 0 aromatic heterocycles. The van der Waals surface area contributed by atoms with E-state index in [1.165, 1.54) is 12.8 Å². The van der Waals surface area contributed by atoms with E-state index in [0.29, 0.717) is 11.5 Å². The summed E-state index contributed by atoms with van der Waals surface area (Å²) in [4.78, 5) is 2.10. The van der Waals surface area contributed by atoms with Gasteiger partial charge in [0.2, 0.25) is 0 Å². The molecule has 3 rings (SSSR count). The highest BCUT2D eigenvalue weighted by atomic mass is 32.2. The highest BCUT2D eigenvalue weighted by Crippen LogP contribution is 2.52. The predicted molar refractivity (Wildman–Crippen MR) is 131 cm³/mol. The van der Waals surface area contributed by atoms with Crippen molar-refractivity contribution in [2.75, 3.05) is 0 Å².